The number of para-hydroxylation sites is 1. The summed E-state index contributed by atoms with van der Waals surface area (Å²) in [4.78, 5) is 14.1. The van der Waals surface area contributed by atoms with Gasteiger partial charge in [0, 0.05) is 33.0 Å². The summed E-state index contributed by atoms with van der Waals surface area (Å²) < 4.78 is 2.47. The molecule has 8 aromatic rings. The van der Waals surface area contributed by atoms with Gasteiger partial charge in [-0.2, -0.15) is 0 Å². The van der Waals surface area contributed by atoms with Gasteiger partial charge in [0.15, 0.2) is 5.78 Å². The lowest BCUT2D eigenvalue weighted by molar-refractivity contribution is 0.103. The standard InChI is InChI=1S/C47H31NO/c1-46(2)37-20-10-6-16-29(37)33-24-35-36-25-34-30-17-7-11-21-38(30)47(39-22-12-8-18-31(39)45(49)32-19-9-13-23-40(32)47)42(34)27-44(36)48(43(35)26-41(33)46)28-14-4-3-5-15-28/h3-27H,1-2H3. The highest BCUT2D eigenvalue weighted by atomic mass is 16.1. The number of ketones is 1. The molecule has 0 saturated carbocycles. The third-order valence-corrected chi connectivity index (χ3v) is 11.8. The third kappa shape index (κ3) is 3.15. The molecule has 0 aliphatic heterocycles. The van der Waals surface area contributed by atoms with Crippen molar-refractivity contribution in [1.29, 1.82) is 0 Å². The lowest BCUT2D eigenvalue weighted by Crippen LogP contribution is -2.36. The number of carbonyl (C=O) groups is 1. The first kappa shape index (κ1) is 27.0. The van der Waals surface area contributed by atoms with Crippen LogP contribution < -0.4 is 0 Å². The van der Waals surface area contributed by atoms with Crippen LogP contribution in [-0.2, 0) is 10.8 Å². The number of benzene rings is 7. The van der Waals surface area contributed by atoms with Gasteiger partial charge in [0.1, 0.15) is 0 Å². The summed E-state index contributed by atoms with van der Waals surface area (Å²) in [7, 11) is 0. The van der Waals surface area contributed by atoms with Crippen LogP contribution in [0, 0.1) is 0 Å². The normalized spacial score (nSPS) is 15.5. The van der Waals surface area contributed by atoms with Crippen LogP contribution in [0.5, 0.6) is 0 Å². The maximum Gasteiger partial charge on any atom is 0.193 e. The van der Waals surface area contributed by atoms with Crippen LogP contribution in [0.25, 0.3) is 49.7 Å². The Bertz CT molecular complexity index is 2710. The Morgan fingerprint density at radius 1 is 0.408 bits per heavy atom. The Hall–Kier alpha value is -5.99. The number of hydrogen-bond acceptors (Lipinski definition) is 1. The molecule has 1 spiro atoms. The summed E-state index contributed by atoms with van der Waals surface area (Å²) in [6.45, 7) is 4.71. The molecule has 0 bridgehead atoms. The van der Waals surface area contributed by atoms with Crippen LogP contribution in [0.2, 0.25) is 0 Å². The molecule has 0 atom stereocenters. The molecular weight excluding hydrogens is 595 g/mol. The first-order chi connectivity index (χ1) is 24.0. The van der Waals surface area contributed by atoms with E-state index in [0.29, 0.717) is 0 Å². The molecule has 11 rings (SSSR count). The molecule has 3 aliphatic rings. The molecule has 0 unspecified atom stereocenters. The fourth-order valence-corrected chi connectivity index (χ4v) is 9.72. The average molecular weight is 626 g/mol. The maximum absolute atomic E-state index is 14.1. The molecular formula is C47H31NO. The lowest BCUT2D eigenvalue weighted by Gasteiger charge is -2.39. The minimum absolute atomic E-state index is 0.0969. The summed E-state index contributed by atoms with van der Waals surface area (Å²) in [5.41, 5.74) is 16.8. The van der Waals surface area contributed by atoms with Crippen molar-refractivity contribution in [1.82, 2.24) is 4.57 Å². The van der Waals surface area contributed by atoms with E-state index in [1.165, 1.54) is 66.3 Å². The molecule has 0 saturated heterocycles. The quantitative estimate of drug-likeness (QED) is 0.178. The van der Waals surface area contributed by atoms with Crippen molar-refractivity contribution in [3.63, 3.8) is 0 Å². The van der Waals surface area contributed by atoms with Crippen molar-refractivity contribution in [2.24, 2.45) is 0 Å². The van der Waals surface area contributed by atoms with Crippen LogP contribution in [0.4, 0.5) is 0 Å². The monoisotopic (exact) mass is 625 g/mol. The number of fused-ring (bicyclic) bond motifs is 15. The Morgan fingerprint density at radius 3 is 1.43 bits per heavy atom. The van der Waals surface area contributed by atoms with Crippen LogP contribution >= 0.6 is 0 Å². The summed E-state index contributed by atoms with van der Waals surface area (Å²) in [6, 6.07) is 54.9. The molecule has 7 aromatic carbocycles. The minimum atomic E-state index is -0.623. The van der Waals surface area contributed by atoms with Crippen LogP contribution in [-0.4, -0.2) is 10.4 Å². The van der Waals surface area contributed by atoms with E-state index in [9.17, 15) is 4.79 Å². The van der Waals surface area contributed by atoms with E-state index in [0.717, 1.165) is 27.9 Å². The number of rotatable bonds is 1. The smallest absolute Gasteiger partial charge is 0.193 e. The summed E-state index contributed by atoms with van der Waals surface area (Å²) >= 11 is 0. The average Bonchev–Trinajstić information content (AvgIpc) is 3.70. The van der Waals surface area contributed by atoms with Crippen molar-refractivity contribution in [2.45, 2.75) is 24.7 Å². The predicted molar refractivity (Wildman–Crippen MR) is 199 cm³/mol. The molecule has 230 valence electrons. The molecule has 49 heavy (non-hydrogen) atoms. The van der Waals surface area contributed by atoms with Gasteiger partial charge in [-0.3, -0.25) is 4.79 Å². The summed E-state index contributed by atoms with van der Waals surface area (Å²) in [5, 5.41) is 2.49. The van der Waals surface area contributed by atoms with Crippen LogP contribution in [0.1, 0.15) is 63.1 Å². The van der Waals surface area contributed by atoms with E-state index in [-0.39, 0.29) is 11.2 Å². The highest BCUT2D eigenvalue weighted by Gasteiger charge is 2.52. The van der Waals surface area contributed by atoms with Gasteiger partial charge < -0.3 is 4.57 Å². The van der Waals surface area contributed by atoms with Crippen molar-refractivity contribution in [2.75, 3.05) is 0 Å². The summed E-state index contributed by atoms with van der Waals surface area (Å²) in [6.07, 6.45) is 0. The predicted octanol–water partition coefficient (Wildman–Crippen LogP) is 11.0. The van der Waals surface area contributed by atoms with Crippen molar-refractivity contribution >= 4 is 27.6 Å². The molecule has 3 aliphatic carbocycles. The molecule has 0 fully saturated rings. The Morgan fingerprint density at radius 2 is 0.837 bits per heavy atom. The molecule has 0 amide bonds. The van der Waals surface area contributed by atoms with Gasteiger partial charge in [-0.25, -0.2) is 0 Å². The second kappa shape index (κ2) is 9.12. The molecule has 2 heteroatoms. The van der Waals surface area contributed by atoms with E-state index in [4.69, 9.17) is 0 Å². The molecule has 1 heterocycles. The number of hydrogen-bond donors (Lipinski definition) is 0. The van der Waals surface area contributed by atoms with Gasteiger partial charge in [-0.1, -0.05) is 129 Å². The third-order valence-electron chi connectivity index (χ3n) is 11.8. The van der Waals surface area contributed by atoms with Gasteiger partial charge in [-0.15, -0.1) is 0 Å². The van der Waals surface area contributed by atoms with E-state index < -0.39 is 5.41 Å². The van der Waals surface area contributed by atoms with Crippen LogP contribution in [0.15, 0.2) is 152 Å². The SMILES string of the molecule is CC1(C)c2ccccc2-c2cc3c4cc5c(cc4n(-c4ccccc4)c3cc21)C1(c2ccccc2C(=O)c2ccccc21)c1ccccc1-5. The lowest BCUT2D eigenvalue weighted by atomic mass is 9.61. The highest BCUT2D eigenvalue weighted by Crippen LogP contribution is 2.60. The van der Waals surface area contributed by atoms with E-state index in [2.05, 4.69) is 146 Å². The zero-order chi connectivity index (χ0) is 32.6. The zero-order valence-electron chi connectivity index (χ0n) is 27.3. The highest BCUT2D eigenvalue weighted by molar-refractivity contribution is 6.17. The van der Waals surface area contributed by atoms with Gasteiger partial charge >= 0.3 is 0 Å². The number of aromatic nitrogens is 1. The van der Waals surface area contributed by atoms with Gasteiger partial charge in [0.05, 0.1) is 16.4 Å². The number of carbonyl (C=O) groups excluding carboxylic acids is 1. The fraction of sp³-hybridized carbons (Fsp3) is 0.0851. The van der Waals surface area contributed by atoms with Crippen molar-refractivity contribution in [3.8, 4) is 27.9 Å². The van der Waals surface area contributed by atoms with E-state index in [1.807, 2.05) is 24.3 Å². The Labute approximate surface area is 284 Å². The molecule has 1 aromatic heterocycles. The first-order valence-electron chi connectivity index (χ1n) is 17.2. The van der Waals surface area contributed by atoms with Crippen molar-refractivity contribution in [3.05, 3.63) is 196 Å². The zero-order valence-corrected chi connectivity index (χ0v) is 27.3. The molecule has 2 nitrogen and oxygen atoms in total. The van der Waals surface area contributed by atoms with E-state index >= 15 is 0 Å². The van der Waals surface area contributed by atoms with Crippen molar-refractivity contribution < 1.29 is 4.79 Å². The number of nitrogens with zero attached hydrogens (tertiary/aromatic N) is 1. The van der Waals surface area contributed by atoms with Gasteiger partial charge in [0.25, 0.3) is 0 Å². The minimum Gasteiger partial charge on any atom is -0.309 e. The Kier molecular flexibility index (Phi) is 5.03. The fourth-order valence-electron chi connectivity index (χ4n) is 9.72. The van der Waals surface area contributed by atoms with Gasteiger partial charge in [0.2, 0.25) is 0 Å². The first-order valence-corrected chi connectivity index (χ1v) is 17.2. The largest absolute Gasteiger partial charge is 0.309 e. The molecule has 0 N–H and O–H groups in total. The second-order valence-corrected chi connectivity index (χ2v) is 14.4. The van der Waals surface area contributed by atoms with Crippen LogP contribution in [0.3, 0.4) is 0 Å². The van der Waals surface area contributed by atoms with Gasteiger partial charge in [-0.05, 0) is 92.0 Å². The maximum atomic E-state index is 14.1. The Balaban J connectivity index is 1.33. The molecule has 0 radical (unpaired) electrons. The van der Waals surface area contributed by atoms with E-state index in [1.54, 1.807) is 0 Å². The second-order valence-electron chi connectivity index (χ2n) is 14.4. The summed E-state index contributed by atoms with van der Waals surface area (Å²) in [5.74, 6) is 0.0969. The topological polar surface area (TPSA) is 22.0 Å².